The molecule has 108 valence electrons. The third kappa shape index (κ3) is 2.69. The molecule has 1 fully saturated rings. The van der Waals surface area contributed by atoms with Crippen LogP contribution in [-0.4, -0.2) is 40.7 Å². The summed E-state index contributed by atoms with van der Waals surface area (Å²) in [5.74, 6) is 1.07. The molecule has 5 heteroatoms. The maximum Gasteiger partial charge on any atom is 0.206 e. The number of anilines is 1. The van der Waals surface area contributed by atoms with Gasteiger partial charge in [-0.3, -0.25) is 0 Å². The molecule has 0 radical (unpaired) electrons. The van der Waals surface area contributed by atoms with Gasteiger partial charge in [0.05, 0.1) is 23.7 Å². The summed E-state index contributed by atoms with van der Waals surface area (Å²) in [5, 5.41) is 0.915. The number of halogens is 1. The molecule has 20 heavy (non-hydrogen) atoms. The maximum atomic E-state index is 5.80. The van der Waals surface area contributed by atoms with Crippen LogP contribution in [-0.2, 0) is 11.8 Å². The Kier molecular flexibility index (Phi) is 4.27. The molecule has 1 aromatic carbocycles. The summed E-state index contributed by atoms with van der Waals surface area (Å²) < 4.78 is 7.99. The topological polar surface area (TPSA) is 30.3 Å². The number of aromatic nitrogens is 2. The van der Waals surface area contributed by atoms with Gasteiger partial charge >= 0.3 is 0 Å². The Morgan fingerprint density at radius 2 is 2.05 bits per heavy atom. The zero-order valence-electron chi connectivity index (χ0n) is 11.8. The van der Waals surface area contributed by atoms with Crippen LogP contribution in [0.4, 0.5) is 5.95 Å². The highest BCUT2D eigenvalue weighted by Crippen LogP contribution is 2.24. The molecule has 0 unspecified atom stereocenters. The summed E-state index contributed by atoms with van der Waals surface area (Å²) in [7, 11) is 2.10. The first-order chi connectivity index (χ1) is 9.79. The minimum atomic E-state index is 0.401. The van der Waals surface area contributed by atoms with Gasteiger partial charge in [0, 0.05) is 25.5 Å². The van der Waals surface area contributed by atoms with Crippen molar-refractivity contribution >= 4 is 32.9 Å². The average Bonchev–Trinajstić information content (AvgIpc) is 2.83. The van der Waals surface area contributed by atoms with E-state index in [9.17, 15) is 0 Å². The second-order valence-corrected chi connectivity index (χ2v) is 6.00. The minimum Gasteiger partial charge on any atom is -0.377 e. The van der Waals surface area contributed by atoms with Gasteiger partial charge in [0.15, 0.2) is 0 Å². The van der Waals surface area contributed by atoms with Gasteiger partial charge in [-0.1, -0.05) is 28.1 Å². The van der Waals surface area contributed by atoms with E-state index in [0.717, 1.165) is 49.3 Å². The van der Waals surface area contributed by atoms with Gasteiger partial charge in [-0.05, 0) is 25.0 Å². The van der Waals surface area contributed by atoms with Crippen LogP contribution in [0, 0.1) is 0 Å². The first-order valence-electron chi connectivity index (χ1n) is 7.13. The summed E-state index contributed by atoms with van der Waals surface area (Å²) in [5.41, 5.74) is 2.27. The Labute approximate surface area is 127 Å². The molecule has 0 bridgehead atoms. The van der Waals surface area contributed by atoms with Crippen molar-refractivity contribution in [3.8, 4) is 0 Å². The lowest BCUT2D eigenvalue weighted by Gasteiger charge is -2.32. The van der Waals surface area contributed by atoms with Crippen molar-refractivity contribution in [1.29, 1.82) is 0 Å². The lowest BCUT2D eigenvalue weighted by molar-refractivity contribution is 0.0478. The summed E-state index contributed by atoms with van der Waals surface area (Å²) >= 11 is 3.41. The van der Waals surface area contributed by atoms with Crippen LogP contribution in [0.5, 0.6) is 0 Å². The molecule has 0 spiro atoms. The predicted octanol–water partition coefficient (Wildman–Crippen LogP) is 2.95. The van der Waals surface area contributed by atoms with Crippen molar-refractivity contribution in [3.63, 3.8) is 0 Å². The van der Waals surface area contributed by atoms with E-state index in [4.69, 9.17) is 9.72 Å². The fourth-order valence-corrected chi connectivity index (χ4v) is 3.04. The number of aryl methyl sites for hydroxylation is 1. The van der Waals surface area contributed by atoms with Crippen molar-refractivity contribution in [2.75, 3.05) is 29.9 Å². The zero-order chi connectivity index (χ0) is 13.9. The first-order valence-corrected chi connectivity index (χ1v) is 8.25. The highest BCUT2D eigenvalue weighted by Gasteiger charge is 2.22. The van der Waals surface area contributed by atoms with E-state index in [1.807, 2.05) is 6.07 Å². The number of nitrogens with zero attached hydrogens (tertiary/aromatic N) is 3. The molecule has 0 atom stereocenters. The van der Waals surface area contributed by atoms with Crippen molar-refractivity contribution in [1.82, 2.24) is 9.55 Å². The molecule has 1 aliphatic heterocycles. The molecule has 0 N–H and O–H groups in total. The Balaban J connectivity index is 1.72. The number of alkyl halides is 1. The smallest absolute Gasteiger partial charge is 0.206 e. The van der Waals surface area contributed by atoms with E-state index >= 15 is 0 Å². The largest absolute Gasteiger partial charge is 0.377 e. The Morgan fingerprint density at radius 1 is 1.30 bits per heavy atom. The second kappa shape index (κ2) is 6.14. The van der Waals surface area contributed by atoms with Crippen LogP contribution in [0.3, 0.4) is 0 Å². The van der Waals surface area contributed by atoms with Crippen LogP contribution in [0.2, 0.25) is 0 Å². The molecular formula is C15H20BrN3O. The minimum absolute atomic E-state index is 0.401. The fourth-order valence-electron chi connectivity index (χ4n) is 2.85. The zero-order valence-corrected chi connectivity index (χ0v) is 13.3. The van der Waals surface area contributed by atoms with Gasteiger partial charge in [0.1, 0.15) is 0 Å². The van der Waals surface area contributed by atoms with E-state index in [2.05, 4.69) is 50.6 Å². The molecule has 1 aromatic heterocycles. The van der Waals surface area contributed by atoms with E-state index in [-0.39, 0.29) is 0 Å². The summed E-state index contributed by atoms with van der Waals surface area (Å²) in [6.45, 7) is 2.84. The quantitative estimate of drug-likeness (QED) is 0.803. The second-order valence-electron chi connectivity index (χ2n) is 5.21. The highest BCUT2D eigenvalue weighted by molar-refractivity contribution is 9.09. The van der Waals surface area contributed by atoms with E-state index in [1.165, 1.54) is 5.52 Å². The molecule has 2 heterocycles. The number of para-hydroxylation sites is 2. The molecule has 2 aromatic rings. The molecule has 0 aliphatic carbocycles. The summed E-state index contributed by atoms with van der Waals surface area (Å²) in [6.07, 6.45) is 2.56. The lowest BCUT2D eigenvalue weighted by Crippen LogP contribution is -2.38. The van der Waals surface area contributed by atoms with Crippen LogP contribution in [0.15, 0.2) is 24.3 Å². The van der Waals surface area contributed by atoms with Crippen LogP contribution in [0.25, 0.3) is 11.0 Å². The summed E-state index contributed by atoms with van der Waals surface area (Å²) in [6, 6.07) is 8.30. The van der Waals surface area contributed by atoms with Crippen LogP contribution >= 0.6 is 15.9 Å². The number of fused-ring (bicyclic) bond motifs is 1. The van der Waals surface area contributed by atoms with E-state index in [0.29, 0.717) is 6.10 Å². The average molecular weight is 338 g/mol. The normalized spacial score (nSPS) is 17.0. The molecular weight excluding hydrogens is 318 g/mol. The van der Waals surface area contributed by atoms with E-state index in [1.54, 1.807) is 0 Å². The standard InChI is InChI=1S/C15H20BrN3O/c1-18-14-5-3-2-4-13(14)17-15(18)19-9-6-12(7-10-19)20-11-8-16/h2-5,12H,6-11H2,1H3. The number of hydrogen-bond acceptors (Lipinski definition) is 3. The predicted molar refractivity (Wildman–Crippen MR) is 85.7 cm³/mol. The molecule has 4 nitrogen and oxygen atoms in total. The third-order valence-electron chi connectivity index (χ3n) is 3.92. The lowest BCUT2D eigenvalue weighted by atomic mass is 10.1. The SMILES string of the molecule is Cn1c(N2CCC(OCCBr)CC2)nc2ccccc21. The summed E-state index contributed by atoms with van der Waals surface area (Å²) in [4.78, 5) is 7.13. The van der Waals surface area contributed by atoms with Gasteiger partial charge in [0.25, 0.3) is 0 Å². The Hall–Kier alpha value is -1.07. The third-order valence-corrected chi connectivity index (χ3v) is 4.24. The van der Waals surface area contributed by atoms with Gasteiger partial charge in [-0.2, -0.15) is 0 Å². The fraction of sp³-hybridized carbons (Fsp3) is 0.533. The van der Waals surface area contributed by atoms with Crippen LogP contribution in [0.1, 0.15) is 12.8 Å². The monoisotopic (exact) mass is 337 g/mol. The molecule has 0 amide bonds. The number of hydrogen-bond donors (Lipinski definition) is 0. The number of benzene rings is 1. The maximum absolute atomic E-state index is 5.80. The number of rotatable bonds is 4. The van der Waals surface area contributed by atoms with Gasteiger partial charge in [0.2, 0.25) is 5.95 Å². The van der Waals surface area contributed by atoms with Crippen molar-refractivity contribution < 1.29 is 4.74 Å². The Morgan fingerprint density at radius 3 is 2.75 bits per heavy atom. The number of piperidine rings is 1. The van der Waals surface area contributed by atoms with Crippen molar-refractivity contribution in [3.05, 3.63) is 24.3 Å². The van der Waals surface area contributed by atoms with Crippen molar-refractivity contribution in [2.24, 2.45) is 7.05 Å². The van der Waals surface area contributed by atoms with Gasteiger partial charge in [-0.15, -0.1) is 0 Å². The highest BCUT2D eigenvalue weighted by atomic mass is 79.9. The van der Waals surface area contributed by atoms with Gasteiger partial charge in [-0.25, -0.2) is 4.98 Å². The first kappa shape index (κ1) is 13.9. The number of ether oxygens (including phenoxy) is 1. The van der Waals surface area contributed by atoms with E-state index < -0.39 is 0 Å². The molecule has 1 aliphatic rings. The molecule has 0 saturated carbocycles. The molecule has 1 saturated heterocycles. The van der Waals surface area contributed by atoms with Crippen LogP contribution < -0.4 is 4.90 Å². The Bertz CT molecular complexity index is 576. The van der Waals surface area contributed by atoms with Gasteiger partial charge < -0.3 is 14.2 Å². The van der Waals surface area contributed by atoms with Crippen molar-refractivity contribution in [2.45, 2.75) is 18.9 Å². The number of imidazole rings is 1. The molecule has 3 rings (SSSR count).